The van der Waals surface area contributed by atoms with Gasteiger partial charge in [0.15, 0.2) is 11.5 Å². The largest absolute Gasteiger partial charge is 0.486 e. The smallest absolute Gasteiger partial charge is 0.309 e. The van der Waals surface area contributed by atoms with Gasteiger partial charge in [-0.1, -0.05) is 12.1 Å². The number of hydrogen-bond acceptors (Lipinski definition) is 5. The zero-order chi connectivity index (χ0) is 18.4. The quantitative estimate of drug-likeness (QED) is 0.552. The van der Waals surface area contributed by atoms with Crippen LogP contribution in [0.4, 0.5) is 0 Å². The number of ether oxygens (including phenoxy) is 2. The van der Waals surface area contributed by atoms with E-state index in [4.69, 9.17) is 9.47 Å². The Morgan fingerprint density at radius 2 is 1.92 bits per heavy atom. The highest BCUT2D eigenvalue weighted by Gasteiger charge is 2.23. The number of carbonyl (C=O) groups is 3. The molecule has 0 saturated carbocycles. The highest BCUT2D eigenvalue weighted by Crippen LogP contribution is 2.30. The van der Waals surface area contributed by atoms with Gasteiger partial charge in [0.05, 0.1) is 6.54 Å². The minimum atomic E-state index is -0.704. The van der Waals surface area contributed by atoms with Crippen LogP contribution < -0.4 is 20.1 Å². The Labute approximate surface area is 151 Å². The molecule has 1 saturated heterocycles. The molecule has 0 spiro atoms. The lowest BCUT2D eigenvalue weighted by molar-refractivity contribution is -0.139. The molecule has 1 atom stereocenters. The first kappa shape index (κ1) is 18.0. The molecule has 0 radical (unpaired) electrons. The lowest BCUT2D eigenvalue weighted by atomic mass is 10.2. The van der Waals surface area contributed by atoms with Crippen molar-refractivity contribution in [3.63, 3.8) is 0 Å². The topological polar surface area (TPSA) is 97.0 Å². The molecule has 0 aliphatic carbocycles. The molecule has 1 fully saturated rings. The van der Waals surface area contributed by atoms with Gasteiger partial charge in [0.2, 0.25) is 5.91 Å². The third-order valence-corrected chi connectivity index (χ3v) is 4.33. The fraction of sp³-hybridized carbons (Fsp3) is 0.500. The number of carbonyl (C=O) groups excluding carboxylic acids is 3. The van der Waals surface area contributed by atoms with Crippen LogP contribution in [0.1, 0.15) is 19.3 Å². The van der Waals surface area contributed by atoms with Gasteiger partial charge in [-0.15, -0.1) is 0 Å². The molecule has 2 aliphatic heterocycles. The van der Waals surface area contributed by atoms with Gasteiger partial charge in [-0.25, -0.2) is 0 Å². The van der Waals surface area contributed by atoms with Gasteiger partial charge in [0, 0.05) is 26.1 Å². The number of likely N-dealkylation sites (tertiary alicyclic amines) is 1. The Kier molecular flexibility index (Phi) is 5.93. The average molecular weight is 361 g/mol. The van der Waals surface area contributed by atoms with Gasteiger partial charge in [-0.2, -0.15) is 0 Å². The number of rotatable bonds is 6. The molecule has 8 nitrogen and oxygen atoms in total. The van der Waals surface area contributed by atoms with Crippen LogP contribution in [0.5, 0.6) is 11.5 Å². The Morgan fingerprint density at radius 1 is 1.15 bits per heavy atom. The van der Waals surface area contributed by atoms with Crippen LogP contribution in [-0.2, 0) is 14.4 Å². The van der Waals surface area contributed by atoms with Crippen LogP contribution in [0.2, 0.25) is 0 Å². The summed E-state index contributed by atoms with van der Waals surface area (Å²) in [5, 5.41) is 5.12. The number of amides is 3. The SMILES string of the molecule is O=C(NCCCN1CCCC1=O)C(=O)NCC1COc2ccccc2O1. The van der Waals surface area contributed by atoms with E-state index in [9.17, 15) is 14.4 Å². The molecule has 1 unspecified atom stereocenters. The maximum Gasteiger partial charge on any atom is 0.309 e. The molecule has 140 valence electrons. The molecular weight excluding hydrogens is 338 g/mol. The zero-order valence-electron chi connectivity index (χ0n) is 14.5. The highest BCUT2D eigenvalue weighted by atomic mass is 16.6. The first-order chi connectivity index (χ1) is 12.6. The van der Waals surface area contributed by atoms with E-state index >= 15 is 0 Å². The van der Waals surface area contributed by atoms with E-state index in [0.717, 1.165) is 13.0 Å². The molecule has 1 aromatic rings. The van der Waals surface area contributed by atoms with Crippen molar-refractivity contribution in [3.8, 4) is 11.5 Å². The molecule has 2 heterocycles. The summed E-state index contributed by atoms with van der Waals surface area (Å²) in [6, 6.07) is 7.30. The standard InChI is InChI=1S/C18H23N3O5/c22-16-7-3-9-21(16)10-4-8-19-17(23)18(24)20-11-13-12-25-14-5-1-2-6-15(14)26-13/h1-2,5-6,13H,3-4,7-12H2,(H,19,23)(H,20,24). The molecule has 1 aromatic carbocycles. The van der Waals surface area contributed by atoms with E-state index in [1.807, 2.05) is 18.2 Å². The third kappa shape index (κ3) is 4.65. The monoisotopic (exact) mass is 361 g/mol. The minimum Gasteiger partial charge on any atom is -0.486 e. The molecule has 26 heavy (non-hydrogen) atoms. The number of nitrogens with zero attached hydrogens (tertiary/aromatic N) is 1. The predicted molar refractivity (Wildman–Crippen MR) is 92.8 cm³/mol. The molecule has 0 aromatic heterocycles. The number of fused-ring (bicyclic) bond motifs is 1. The van der Waals surface area contributed by atoms with Gasteiger partial charge in [-0.05, 0) is 25.0 Å². The van der Waals surface area contributed by atoms with Crippen molar-refractivity contribution >= 4 is 17.7 Å². The van der Waals surface area contributed by atoms with Gasteiger partial charge in [0.25, 0.3) is 0 Å². The van der Waals surface area contributed by atoms with Gasteiger partial charge in [-0.3, -0.25) is 14.4 Å². The van der Waals surface area contributed by atoms with Crippen molar-refractivity contribution in [1.29, 1.82) is 0 Å². The summed E-state index contributed by atoms with van der Waals surface area (Å²) in [7, 11) is 0. The summed E-state index contributed by atoms with van der Waals surface area (Å²) in [5.41, 5.74) is 0. The summed E-state index contributed by atoms with van der Waals surface area (Å²) in [6.45, 7) is 2.23. The first-order valence-corrected chi connectivity index (χ1v) is 8.86. The fourth-order valence-electron chi connectivity index (χ4n) is 2.94. The van der Waals surface area contributed by atoms with Gasteiger partial charge < -0.3 is 25.0 Å². The number of benzene rings is 1. The van der Waals surface area contributed by atoms with Crippen LogP contribution in [0.25, 0.3) is 0 Å². The van der Waals surface area contributed by atoms with E-state index in [0.29, 0.717) is 44.0 Å². The van der Waals surface area contributed by atoms with Gasteiger partial charge in [0.1, 0.15) is 12.7 Å². The second-order valence-corrected chi connectivity index (χ2v) is 6.30. The molecule has 2 N–H and O–H groups in total. The maximum atomic E-state index is 11.8. The van der Waals surface area contributed by atoms with Crippen LogP contribution in [0, 0.1) is 0 Å². The van der Waals surface area contributed by atoms with Crippen LogP contribution in [-0.4, -0.2) is 61.5 Å². The number of nitrogens with one attached hydrogen (secondary N) is 2. The molecule has 3 amide bonds. The van der Waals surface area contributed by atoms with E-state index < -0.39 is 11.8 Å². The predicted octanol–water partition coefficient (Wildman–Crippen LogP) is 0.0713. The number of hydrogen-bond donors (Lipinski definition) is 2. The summed E-state index contributed by atoms with van der Waals surface area (Å²) in [5.74, 6) is 0.0631. The summed E-state index contributed by atoms with van der Waals surface area (Å²) in [6.07, 6.45) is 1.78. The highest BCUT2D eigenvalue weighted by molar-refractivity contribution is 6.35. The van der Waals surface area contributed by atoms with E-state index in [1.165, 1.54) is 0 Å². The molecular formula is C18H23N3O5. The Morgan fingerprint density at radius 3 is 2.69 bits per heavy atom. The Bertz CT molecular complexity index is 679. The summed E-state index contributed by atoms with van der Waals surface area (Å²) < 4.78 is 11.3. The van der Waals surface area contributed by atoms with Crippen LogP contribution in [0.3, 0.4) is 0 Å². The molecule has 0 bridgehead atoms. The van der Waals surface area contributed by atoms with Crippen molar-refractivity contribution in [3.05, 3.63) is 24.3 Å². The van der Waals surface area contributed by atoms with E-state index in [-0.39, 0.29) is 18.6 Å². The lowest BCUT2D eigenvalue weighted by Gasteiger charge is -2.26. The molecule has 2 aliphatic rings. The normalized spacial score (nSPS) is 18.5. The Balaban J connectivity index is 1.32. The molecule has 3 rings (SSSR count). The van der Waals surface area contributed by atoms with Gasteiger partial charge >= 0.3 is 11.8 Å². The van der Waals surface area contributed by atoms with Crippen LogP contribution >= 0.6 is 0 Å². The average Bonchev–Trinajstić information content (AvgIpc) is 3.07. The zero-order valence-corrected chi connectivity index (χ0v) is 14.5. The maximum absolute atomic E-state index is 11.8. The second kappa shape index (κ2) is 8.55. The van der Waals surface area contributed by atoms with Crippen molar-refractivity contribution in [2.45, 2.75) is 25.4 Å². The minimum absolute atomic E-state index is 0.158. The summed E-state index contributed by atoms with van der Waals surface area (Å²) >= 11 is 0. The van der Waals surface area contributed by atoms with Crippen molar-refractivity contribution < 1.29 is 23.9 Å². The van der Waals surface area contributed by atoms with E-state index in [2.05, 4.69) is 10.6 Å². The van der Waals surface area contributed by atoms with Crippen LogP contribution in [0.15, 0.2) is 24.3 Å². The van der Waals surface area contributed by atoms with Crippen molar-refractivity contribution in [2.24, 2.45) is 0 Å². The second-order valence-electron chi connectivity index (χ2n) is 6.30. The fourth-order valence-corrected chi connectivity index (χ4v) is 2.94. The summed E-state index contributed by atoms with van der Waals surface area (Å²) in [4.78, 5) is 36.9. The van der Waals surface area contributed by atoms with Crippen molar-refractivity contribution in [2.75, 3.05) is 32.8 Å². The van der Waals surface area contributed by atoms with E-state index in [1.54, 1.807) is 11.0 Å². The first-order valence-electron chi connectivity index (χ1n) is 8.86. The molecule has 8 heteroatoms. The lowest BCUT2D eigenvalue weighted by Crippen LogP contribution is -2.46. The Hall–Kier alpha value is -2.77. The van der Waals surface area contributed by atoms with Crippen molar-refractivity contribution in [1.82, 2.24) is 15.5 Å². The third-order valence-electron chi connectivity index (χ3n) is 4.33. The number of para-hydroxylation sites is 2.